The normalized spacial score (nSPS) is 10.4. The molecule has 0 atom stereocenters. The molecule has 1 aromatic carbocycles. The van der Waals surface area contributed by atoms with Crippen molar-refractivity contribution in [3.05, 3.63) is 45.5 Å². The molecular formula is C11H11NO4. The van der Waals surface area contributed by atoms with Crippen molar-refractivity contribution in [2.75, 3.05) is 7.11 Å². The number of ether oxygens (including phenoxy) is 1. The minimum absolute atomic E-state index is 0.00246. The third-order valence-corrected chi connectivity index (χ3v) is 2.05. The quantitative estimate of drug-likeness (QED) is 0.339. The highest BCUT2D eigenvalue weighted by Gasteiger charge is 2.14. The summed E-state index contributed by atoms with van der Waals surface area (Å²) in [7, 11) is 1.25. The van der Waals surface area contributed by atoms with Crippen LogP contribution >= 0.6 is 0 Å². The van der Waals surface area contributed by atoms with Crippen molar-refractivity contribution in [1.29, 1.82) is 0 Å². The Morgan fingerprint density at radius 1 is 1.50 bits per heavy atom. The van der Waals surface area contributed by atoms with Crippen LogP contribution in [0.25, 0.3) is 6.08 Å². The van der Waals surface area contributed by atoms with Crippen LogP contribution in [0.5, 0.6) is 0 Å². The van der Waals surface area contributed by atoms with Gasteiger partial charge in [-0.25, -0.2) is 4.79 Å². The molecule has 5 nitrogen and oxygen atoms in total. The Hall–Kier alpha value is -2.17. The fourth-order valence-corrected chi connectivity index (χ4v) is 1.29. The Morgan fingerprint density at radius 2 is 2.19 bits per heavy atom. The van der Waals surface area contributed by atoms with Crippen molar-refractivity contribution in [3.8, 4) is 0 Å². The van der Waals surface area contributed by atoms with Crippen LogP contribution < -0.4 is 0 Å². The second-order valence-electron chi connectivity index (χ2n) is 3.13. The van der Waals surface area contributed by atoms with Crippen molar-refractivity contribution >= 4 is 17.7 Å². The van der Waals surface area contributed by atoms with Crippen LogP contribution in [0.15, 0.2) is 24.3 Å². The number of nitrogens with zero attached hydrogens (tertiary/aromatic N) is 1. The molecule has 0 bridgehead atoms. The molecule has 84 valence electrons. The molecule has 0 aliphatic carbocycles. The van der Waals surface area contributed by atoms with Crippen LogP contribution in [0.1, 0.15) is 11.1 Å². The number of hydrogen-bond acceptors (Lipinski definition) is 4. The fourth-order valence-electron chi connectivity index (χ4n) is 1.29. The lowest BCUT2D eigenvalue weighted by Gasteiger charge is -2.00. The molecule has 0 fully saturated rings. The zero-order chi connectivity index (χ0) is 12.1. The summed E-state index contributed by atoms with van der Waals surface area (Å²) in [5.74, 6) is -0.546. The summed E-state index contributed by atoms with van der Waals surface area (Å²) in [5.41, 5.74) is 0.940. The van der Waals surface area contributed by atoms with Crippen molar-refractivity contribution < 1.29 is 14.5 Å². The van der Waals surface area contributed by atoms with Crippen LogP contribution in [0, 0.1) is 17.0 Å². The van der Waals surface area contributed by atoms with E-state index < -0.39 is 10.9 Å². The lowest BCUT2D eigenvalue weighted by molar-refractivity contribution is -0.385. The van der Waals surface area contributed by atoms with Crippen LogP contribution in [0.2, 0.25) is 0 Å². The van der Waals surface area contributed by atoms with Gasteiger partial charge in [0, 0.05) is 11.6 Å². The molecule has 0 unspecified atom stereocenters. The molecule has 16 heavy (non-hydrogen) atoms. The van der Waals surface area contributed by atoms with E-state index in [0.717, 1.165) is 6.08 Å². The number of hydrogen-bond donors (Lipinski definition) is 0. The van der Waals surface area contributed by atoms with E-state index in [2.05, 4.69) is 4.74 Å². The van der Waals surface area contributed by atoms with Gasteiger partial charge in [0.05, 0.1) is 17.6 Å². The van der Waals surface area contributed by atoms with Gasteiger partial charge in [-0.3, -0.25) is 10.1 Å². The van der Waals surface area contributed by atoms with Gasteiger partial charge < -0.3 is 4.74 Å². The molecular weight excluding hydrogens is 210 g/mol. The van der Waals surface area contributed by atoms with Gasteiger partial charge >= 0.3 is 5.97 Å². The van der Waals surface area contributed by atoms with Crippen LogP contribution in [-0.2, 0) is 9.53 Å². The van der Waals surface area contributed by atoms with Gasteiger partial charge in [0.2, 0.25) is 0 Å². The van der Waals surface area contributed by atoms with E-state index >= 15 is 0 Å². The number of para-hydroxylation sites is 1. The molecule has 0 amide bonds. The SMILES string of the molecule is COC(=O)/C=C/c1cccc(C)c1[N+](=O)[O-]. The van der Waals surface area contributed by atoms with E-state index in [0.29, 0.717) is 11.1 Å². The summed E-state index contributed by atoms with van der Waals surface area (Å²) in [6, 6.07) is 4.91. The molecule has 0 saturated heterocycles. The first-order chi connectivity index (χ1) is 7.56. The number of nitro benzene ring substituents is 1. The summed E-state index contributed by atoms with van der Waals surface area (Å²) >= 11 is 0. The second kappa shape index (κ2) is 5.06. The van der Waals surface area contributed by atoms with E-state index in [4.69, 9.17) is 0 Å². The van der Waals surface area contributed by atoms with Gasteiger partial charge in [0.15, 0.2) is 0 Å². The van der Waals surface area contributed by atoms with E-state index in [-0.39, 0.29) is 5.69 Å². The highest BCUT2D eigenvalue weighted by Crippen LogP contribution is 2.23. The van der Waals surface area contributed by atoms with Crippen molar-refractivity contribution in [3.63, 3.8) is 0 Å². The van der Waals surface area contributed by atoms with Gasteiger partial charge in [-0.15, -0.1) is 0 Å². The topological polar surface area (TPSA) is 69.4 Å². The Morgan fingerprint density at radius 3 is 2.75 bits per heavy atom. The van der Waals surface area contributed by atoms with Crippen molar-refractivity contribution in [1.82, 2.24) is 0 Å². The van der Waals surface area contributed by atoms with E-state index in [1.807, 2.05) is 0 Å². The average Bonchev–Trinajstić information content (AvgIpc) is 2.25. The molecule has 0 saturated carbocycles. The molecule has 1 rings (SSSR count). The largest absolute Gasteiger partial charge is 0.466 e. The number of rotatable bonds is 3. The Kier molecular flexibility index (Phi) is 3.77. The highest BCUT2D eigenvalue weighted by atomic mass is 16.6. The molecule has 5 heteroatoms. The van der Waals surface area contributed by atoms with Gasteiger partial charge in [-0.05, 0) is 19.1 Å². The first kappa shape index (κ1) is 11.9. The maximum Gasteiger partial charge on any atom is 0.330 e. The van der Waals surface area contributed by atoms with E-state index in [1.165, 1.54) is 13.2 Å². The number of nitro groups is 1. The predicted molar refractivity (Wildman–Crippen MR) is 58.9 cm³/mol. The lowest BCUT2D eigenvalue weighted by atomic mass is 10.1. The number of esters is 1. The van der Waals surface area contributed by atoms with E-state index in [1.54, 1.807) is 25.1 Å². The predicted octanol–water partition coefficient (Wildman–Crippen LogP) is 2.09. The smallest absolute Gasteiger partial charge is 0.330 e. The van der Waals surface area contributed by atoms with E-state index in [9.17, 15) is 14.9 Å². The number of carbonyl (C=O) groups excluding carboxylic acids is 1. The Bertz CT molecular complexity index is 451. The summed E-state index contributed by atoms with van der Waals surface area (Å²) in [6.45, 7) is 1.65. The minimum Gasteiger partial charge on any atom is -0.466 e. The van der Waals surface area contributed by atoms with Gasteiger partial charge in [0.1, 0.15) is 0 Å². The standard InChI is InChI=1S/C11H11NO4/c1-8-4-3-5-9(11(8)12(14)15)6-7-10(13)16-2/h3-7H,1-2H3/b7-6+. The van der Waals surface area contributed by atoms with Crippen LogP contribution in [-0.4, -0.2) is 18.0 Å². The number of methoxy groups -OCH3 is 1. The molecule has 0 aliphatic rings. The van der Waals surface area contributed by atoms with Crippen LogP contribution in [0.4, 0.5) is 5.69 Å². The molecule has 0 heterocycles. The summed E-state index contributed by atoms with van der Waals surface area (Å²) in [5, 5.41) is 10.8. The first-order valence-corrected chi connectivity index (χ1v) is 4.56. The van der Waals surface area contributed by atoms with Crippen molar-refractivity contribution in [2.24, 2.45) is 0 Å². The Balaban J connectivity index is 3.14. The van der Waals surface area contributed by atoms with Gasteiger partial charge in [0.25, 0.3) is 5.69 Å². The fraction of sp³-hybridized carbons (Fsp3) is 0.182. The zero-order valence-electron chi connectivity index (χ0n) is 8.97. The maximum atomic E-state index is 10.9. The summed E-state index contributed by atoms with van der Waals surface area (Å²) < 4.78 is 4.41. The van der Waals surface area contributed by atoms with Gasteiger partial charge in [-0.2, -0.15) is 0 Å². The average molecular weight is 221 g/mol. The number of aryl methyl sites for hydroxylation is 1. The van der Waals surface area contributed by atoms with Crippen molar-refractivity contribution in [2.45, 2.75) is 6.92 Å². The molecule has 0 aliphatic heterocycles. The van der Waals surface area contributed by atoms with Gasteiger partial charge in [-0.1, -0.05) is 12.1 Å². The summed E-state index contributed by atoms with van der Waals surface area (Å²) in [4.78, 5) is 21.2. The third kappa shape index (κ3) is 2.66. The first-order valence-electron chi connectivity index (χ1n) is 4.56. The third-order valence-electron chi connectivity index (χ3n) is 2.05. The molecule has 0 radical (unpaired) electrons. The number of carbonyl (C=O) groups is 1. The second-order valence-corrected chi connectivity index (χ2v) is 3.13. The minimum atomic E-state index is -0.546. The molecule has 0 spiro atoms. The molecule has 0 N–H and O–H groups in total. The zero-order valence-corrected chi connectivity index (χ0v) is 8.97. The van der Waals surface area contributed by atoms with Crippen LogP contribution in [0.3, 0.4) is 0 Å². The Labute approximate surface area is 92.5 Å². The molecule has 0 aromatic heterocycles. The monoisotopic (exact) mass is 221 g/mol. The highest BCUT2D eigenvalue weighted by molar-refractivity contribution is 5.87. The lowest BCUT2D eigenvalue weighted by Crippen LogP contribution is -1.96. The molecule has 1 aromatic rings. The maximum absolute atomic E-state index is 10.9. The summed E-state index contributed by atoms with van der Waals surface area (Å²) in [6.07, 6.45) is 2.53. The number of benzene rings is 1.